The third kappa shape index (κ3) is 2.02. The van der Waals surface area contributed by atoms with E-state index in [2.05, 4.69) is 23.8 Å². The van der Waals surface area contributed by atoms with Gasteiger partial charge in [0.1, 0.15) is 5.69 Å². The monoisotopic (exact) mass is 235 g/mol. The Hall–Kier alpha value is -1.16. The van der Waals surface area contributed by atoms with Crippen molar-refractivity contribution in [2.75, 3.05) is 13.1 Å². The maximum atomic E-state index is 12.7. The zero-order valence-corrected chi connectivity index (χ0v) is 10.9. The van der Waals surface area contributed by atoms with Gasteiger partial charge >= 0.3 is 0 Å². The number of hydrogen-bond donors (Lipinski definition) is 0. The van der Waals surface area contributed by atoms with Gasteiger partial charge in [-0.3, -0.25) is 14.4 Å². The molecule has 17 heavy (non-hydrogen) atoms. The van der Waals surface area contributed by atoms with Crippen LogP contribution < -0.4 is 0 Å². The largest absolute Gasteiger partial charge is 0.291 e. The lowest BCUT2D eigenvalue weighted by Gasteiger charge is -2.36. The average Bonchev–Trinajstić information content (AvgIpc) is 2.97. The molecule has 4 nitrogen and oxygen atoms in total. The Morgan fingerprint density at radius 3 is 2.59 bits per heavy atom. The molecular formula is C13H21N3O. The minimum absolute atomic E-state index is 0.196. The van der Waals surface area contributed by atoms with Crippen molar-refractivity contribution in [1.82, 2.24) is 14.7 Å². The van der Waals surface area contributed by atoms with Gasteiger partial charge in [-0.25, -0.2) is 0 Å². The molecule has 4 heteroatoms. The number of nitrogens with zero attached hydrogens (tertiary/aromatic N) is 3. The quantitative estimate of drug-likeness (QED) is 0.748. The van der Waals surface area contributed by atoms with Crippen LogP contribution in [0.5, 0.6) is 0 Å². The minimum atomic E-state index is -0.371. The first-order valence-electron chi connectivity index (χ1n) is 6.37. The van der Waals surface area contributed by atoms with Gasteiger partial charge in [0.25, 0.3) is 0 Å². The van der Waals surface area contributed by atoms with Crippen LogP contribution >= 0.6 is 0 Å². The van der Waals surface area contributed by atoms with Crippen molar-refractivity contribution in [1.29, 1.82) is 0 Å². The molecule has 1 unspecified atom stereocenters. The topological polar surface area (TPSA) is 38.1 Å². The molecule has 2 rings (SSSR count). The summed E-state index contributed by atoms with van der Waals surface area (Å²) in [6.07, 6.45) is 4.94. The van der Waals surface area contributed by atoms with Crippen LogP contribution in [0.15, 0.2) is 12.3 Å². The summed E-state index contributed by atoms with van der Waals surface area (Å²) in [5.41, 5.74) is 0.339. The van der Waals surface area contributed by atoms with E-state index in [-0.39, 0.29) is 11.3 Å². The maximum absolute atomic E-state index is 12.7. The Kier molecular flexibility index (Phi) is 3.33. The van der Waals surface area contributed by atoms with Crippen LogP contribution in [0.3, 0.4) is 0 Å². The molecule has 0 N–H and O–H groups in total. The molecule has 1 saturated heterocycles. The van der Waals surface area contributed by atoms with Gasteiger partial charge in [-0.15, -0.1) is 0 Å². The fourth-order valence-electron chi connectivity index (χ4n) is 2.61. The molecule has 1 aliphatic heterocycles. The zero-order valence-electron chi connectivity index (χ0n) is 10.9. The second-order valence-corrected chi connectivity index (χ2v) is 4.99. The van der Waals surface area contributed by atoms with Gasteiger partial charge in [-0.05, 0) is 45.3 Å². The van der Waals surface area contributed by atoms with Crippen molar-refractivity contribution in [2.24, 2.45) is 7.05 Å². The first-order valence-corrected chi connectivity index (χ1v) is 6.37. The van der Waals surface area contributed by atoms with Gasteiger partial charge in [0.2, 0.25) is 5.78 Å². The maximum Gasteiger partial charge on any atom is 0.200 e. The van der Waals surface area contributed by atoms with Crippen molar-refractivity contribution in [3.63, 3.8) is 0 Å². The van der Waals surface area contributed by atoms with E-state index >= 15 is 0 Å². The Bertz CT molecular complexity index is 407. The van der Waals surface area contributed by atoms with Crippen molar-refractivity contribution in [3.8, 4) is 0 Å². The Balaban J connectivity index is 2.28. The molecule has 1 aliphatic rings. The highest BCUT2D eigenvalue weighted by Crippen LogP contribution is 2.28. The van der Waals surface area contributed by atoms with Crippen molar-refractivity contribution in [3.05, 3.63) is 18.0 Å². The number of carbonyl (C=O) groups excluding carboxylic acids is 1. The van der Waals surface area contributed by atoms with Crippen molar-refractivity contribution >= 4 is 5.78 Å². The Morgan fingerprint density at radius 1 is 1.47 bits per heavy atom. The number of hydrogen-bond acceptors (Lipinski definition) is 3. The molecule has 0 aliphatic carbocycles. The molecular weight excluding hydrogens is 214 g/mol. The predicted molar refractivity (Wildman–Crippen MR) is 67.0 cm³/mol. The number of rotatable bonds is 4. The summed E-state index contributed by atoms with van der Waals surface area (Å²) in [6.45, 7) is 6.22. The molecule has 1 aromatic rings. The molecule has 0 radical (unpaired) electrons. The number of aromatic nitrogens is 2. The molecule has 1 aromatic heterocycles. The molecule has 0 bridgehead atoms. The molecule has 2 heterocycles. The van der Waals surface area contributed by atoms with Gasteiger partial charge in [0.05, 0.1) is 5.54 Å². The lowest BCUT2D eigenvalue weighted by atomic mass is 9.89. The van der Waals surface area contributed by atoms with Gasteiger partial charge in [0.15, 0.2) is 0 Å². The second-order valence-electron chi connectivity index (χ2n) is 4.99. The molecule has 0 saturated carbocycles. The van der Waals surface area contributed by atoms with Crippen LogP contribution in [0.2, 0.25) is 0 Å². The smallest absolute Gasteiger partial charge is 0.200 e. The Labute approximate surface area is 103 Å². The van der Waals surface area contributed by atoms with E-state index < -0.39 is 0 Å². The van der Waals surface area contributed by atoms with E-state index in [1.807, 2.05) is 13.1 Å². The average molecular weight is 235 g/mol. The lowest BCUT2D eigenvalue weighted by molar-refractivity contribution is 0.0637. The van der Waals surface area contributed by atoms with Crippen LogP contribution in [-0.2, 0) is 7.05 Å². The van der Waals surface area contributed by atoms with Crippen LogP contribution in [0.1, 0.15) is 43.6 Å². The van der Waals surface area contributed by atoms with Crippen molar-refractivity contribution < 1.29 is 4.79 Å². The molecule has 0 spiro atoms. The SMILES string of the molecule is CCC(C)(C(=O)c1ccnn1C)N1CCCC1. The highest BCUT2D eigenvalue weighted by molar-refractivity contribution is 6.01. The fourth-order valence-corrected chi connectivity index (χ4v) is 2.61. The van der Waals surface area contributed by atoms with Crippen LogP contribution in [0, 0.1) is 0 Å². The third-order valence-electron chi connectivity index (χ3n) is 4.04. The highest BCUT2D eigenvalue weighted by atomic mass is 16.1. The van der Waals surface area contributed by atoms with Crippen LogP contribution in [0.4, 0.5) is 0 Å². The number of ketones is 1. The molecule has 0 amide bonds. The van der Waals surface area contributed by atoms with E-state index in [0.717, 1.165) is 19.5 Å². The molecule has 1 atom stereocenters. The van der Waals surface area contributed by atoms with E-state index in [0.29, 0.717) is 5.69 Å². The van der Waals surface area contributed by atoms with Gasteiger partial charge in [-0.2, -0.15) is 5.10 Å². The number of likely N-dealkylation sites (tertiary alicyclic amines) is 1. The summed E-state index contributed by atoms with van der Waals surface area (Å²) >= 11 is 0. The van der Waals surface area contributed by atoms with Crippen LogP contribution in [-0.4, -0.2) is 39.1 Å². The number of carbonyl (C=O) groups is 1. The summed E-state index contributed by atoms with van der Waals surface area (Å²) in [6, 6.07) is 1.81. The zero-order chi connectivity index (χ0) is 12.5. The minimum Gasteiger partial charge on any atom is -0.291 e. The highest BCUT2D eigenvalue weighted by Gasteiger charge is 2.40. The molecule has 0 aromatic carbocycles. The third-order valence-corrected chi connectivity index (χ3v) is 4.04. The van der Waals surface area contributed by atoms with E-state index in [1.165, 1.54) is 12.8 Å². The first kappa shape index (κ1) is 12.3. The van der Waals surface area contributed by atoms with E-state index in [4.69, 9.17) is 0 Å². The molecule has 94 valence electrons. The Morgan fingerprint density at radius 2 is 2.12 bits per heavy atom. The summed E-state index contributed by atoms with van der Waals surface area (Å²) in [5.74, 6) is 0.196. The van der Waals surface area contributed by atoms with Gasteiger partial charge in [0, 0.05) is 13.2 Å². The standard InChI is InChI=1S/C13H21N3O/c1-4-13(2,16-9-5-6-10-16)12(17)11-7-8-14-15(11)3/h7-8H,4-6,9-10H2,1-3H3. The number of Topliss-reactive ketones (excluding diaryl/α,β-unsaturated/α-hetero) is 1. The summed E-state index contributed by atoms with van der Waals surface area (Å²) in [4.78, 5) is 15.0. The summed E-state index contributed by atoms with van der Waals surface area (Å²) in [7, 11) is 1.83. The van der Waals surface area contributed by atoms with E-state index in [1.54, 1.807) is 10.9 Å². The van der Waals surface area contributed by atoms with Crippen LogP contribution in [0.25, 0.3) is 0 Å². The predicted octanol–water partition coefficient (Wildman–Crippen LogP) is 1.87. The summed E-state index contributed by atoms with van der Waals surface area (Å²) in [5, 5.41) is 4.09. The van der Waals surface area contributed by atoms with Gasteiger partial charge < -0.3 is 0 Å². The molecule has 1 fully saturated rings. The second kappa shape index (κ2) is 4.61. The first-order chi connectivity index (χ1) is 8.09. The van der Waals surface area contributed by atoms with Crippen molar-refractivity contribution in [2.45, 2.75) is 38.6 Å². The van der Waals surface area contributed by atoms with E-state index in [9.17, 15) is 4.79 Å². The number of aryl methyl sites for hydroxylation is 1. The fraction of sp³-hybridized carbons (Fsp3) is 0.692. The normalized spacial score (nSPS) is 20.4. The lowest BCUT2D eigenvalue weighted by Crippen LogP contribution is -2.51. The summed E-state index contributed by atoms with van der Waals surface area (Å²) < 4.78 is 1.67. The van der Waals surface area contributed by atoms with Gasteiger partial charge in [-0.1, -0.05) is 6.92 Å².